The van der Waals surface area contributed by atoms with Crippen molar-refractivity contribution in [1.29, 1.82) is 0 Å². The number of hydrogen-bond donors (Lipinski definition) is 1. The maximum absolute atomic E-state index is 9.98. The minimum atomic E-state index is 0.0947. The molecule has 0 bridgehead atoms. The third kappa shape index (κ3) is 3.54. The van der Waals surface area contributed by atoms with Gasteiger partial charge < -0.3 is 10.0 Å². The quantitative estimate of drug-likeness (QED) is 0.877. The highest BCUT2D eigenvalue weighted by Gasteiger charge is 2.35. The van der Waals surface area contributed by atoms with Gasteiger partial charge in [-0.1, -0.05) is 31.9 Å². The molecule has 0 aliphatic heterocycles. The molecule has 112 valence electrons. The second-order valence-electron chi connectivity index (χ2n) is 6.71. The van der Waals surface area contributed by atoms with Crippen LogP contribution in [0.5, 0.6) is 0 Å². The Bertz CT molecular complexity index is 431. The highest BCUT2D eigenvalue weighted by atomic mass is 16.3. The molecule has 2 nitrogen and oxygen atoms in total. The maximum atomic E-state index is 9.98. The first-order valence-electron chi connectivity index (χ1n) is 8.01. The van der Waals surface area contributed by atoms with Gasteiger partial charge in [0.2, 0.25) is 0 Å². The summed E-state index contributed by atoms with van der Waals surface area (Å²) in [4.78, 5) is 2.43. The van der Waals surface area contributed by atoms with E-state index in [0.717, 1.165) is 31.8 Å². The van der Waals surface area contributed by atoms with Crippen molar-refractivity contribution in [2.24, 2.45) is 11.3 Å². The van der Waals surface area contributed by atoms with Crippen LogP contribution >= 0.6 is 0 Å². The number of aliphatic hydroxyl groups excluding tert-OH is 1. The van der Waals surface area contributed by atoms with Gasteiger partial charge in [0.1, 0.15) is 0 Å². The van der Waals surface area contributed by atoms with Crippen LogP contribution in [0.4, 0.5) is 5.69 Å². The van der Waals surface area contributed by atoms with E-state index in [0.29, 0.717) is 6.61 Å². The normalized spacial score (nSPS) is 26.5. The van der Waals surface area contributed by atoms with Crippen LogP contribution in [0, 0.1) is 18.3 Å². The van der Waals surface area contributed by atoms with Gasteiger partial charge in [-0.15, -0.1) is 0 Å². The molecule has 2 unspecified atom stereocenters. The predicted molar refractivity (Wildman–Crippen MR) is 86.2 cm³/mol. The Morgan fingerprint density at radius 2 is 2.20 bits per heavy atom. The number of anilines is 1. The first-order valence-corrected chi connectivity index (χ1v) is 8.01. The number of aliphatic hydroxyl groups is 1. The van der Waals surface area contributed by atoms with Crippen LogP contribution < -0.4 is 4.90 Å². The van der Waals surface area contributed by atoms with Gasteiger partial charge in [-0.25, -0.2) is 0 Å². The second-order valence-corrected chi connectivity index (χ2v) is 6.71. The van der Waals surface area contributed by atoms with Crippen molar-refractivity contribution in [3.05, 3.63) is 29.8 Å². The molecule has 1 aliphatic rings. The van der Waals surface area contributed by atoms with E-state index in [1.165, 1.54) is 24.1 Å². The average molecular weight is 275 g/mol. The van der Waals surface area contributed by atoms with Crippen molar-refractivity contribution in [3.8, 4) is 0 Å². The minimum Gasteiger partial charge on any atom is -0.396 e. The number of rotatable bonds is 5. The summed E-state index contributed by atoms with van der Waals surface area (Å²) in [5.74, 6) is 0.743. The fourth-order valence-corrected chi connectivity index (χ4v) is 3.72. The summed E-state index contributed by atoms with van der Waals surface area (Å²) in [5, 5.41) is 9.98. The van der Waals surface area contributed by atoms with E-state index in [9.17, 15) is 5.11 Å². The van der Waals surface area contributed by atoms with Crippen LogP contribution in [0.1, 0.15) is 45.1 Å². The molecule has 2 atom stereocenters. The van der Waals surface area contributed by atoms with Crippen molar-refractivity contribution in [2.45, 2.75) is 46.5 Å². The van der Waals surface area contributed by atoms with Crippen LogP contribution in [0.25, 0.3) is 0 Å². The van der Waals surface area contributed by atoms with Gasteiger partial charge >= 0.3 is 0 Å². The summed E-state index contributed by atoms with van der Waals surface area (Å²) in [6.45, 7) is 8.97. The van der Waals surface area contributed by atoms with Crippen molar-refractivity contribution >= 4 is 5.69 Å². The zero-order valence-electron chi connectivity index (χ0n) is 13.2. The molecule has 0 heterocycles. The highest BCUT2D eigenvalue weighted by Crippen LogP contribution is 2.40. The van der Waals surface area contributed by atoms with Gasteiger partial charge in [0.05, 0.1) is 6.61 Å². The minimum absolute atomic E-state index is 0.0947. The lowest BCUT2D eigenvalue weighted by molar-refractivity contribution is 0.0668. The van der Waals surface area contributed by atoms with Crippen molar-refractivity contribution < 1.29 is 5.11 Å². The summed E-state index contributed by atoms with van der Waals surface area (Å²) in [5.41, 5.74) is 2.69. The molecule has 1 aromatic carbocycles. The number of nitrogens with zero attached hydrogens (tertiary/aromatic N) is 1. The first-order chi connectivity index (χ1) is 9.58. The van der Waals surface area contributed by atoms with Crippen LogP contribution in [0.15, 0.2) is 24.3 Å². The fourth-order valence-electron chi connectivity index (χ4n) is 3.72. The molecule has 0 saturated heterocycles. The molecular formula is C18H29NO. The Morgan fingerprint density at radius 1 is 1.40 bits per heavy atom. The molecule has 0 amide bonds. The Labute approximate surface area is 123 Å². The van der Waals surface area contributed by atoms with E-state index < -0.39 is 0 Å². The summed E-state index contributed by atoms with van der Waals surface area (Å²) in [6.07, 6.45) is 4.90. The lowest BCUT2D eigenvalue weighted by atomic mass is 9.70. The van der Waals surface area contributed by atoms with E-state index in [-0.39, 0.29) is 5.41 Å². The summed E-state index contributed by atoms with van der Waals surface area (Å²) >= 11 is 0. The number of benzene rings is 1. The lowest BCUT2D eigenvalue weighted by Crippen LogP contribution is -2.43. The molecule has 1 aromatic rings. The van der Waals surface area contributed by atoms with Gasteiger partial charge in [0, 0.05) is 24.2 Å². The second kappa shape index (κ2) is 6.62. The monoisotopic (exact) mass is 275 g/mol. The third-order valence-corrected chi connectivity index (χ3v) is 4.80. The summed E-state index contributed by atoms with van der Waals surface area (Å²) < 4.78 is 0. The van der Waals surface area contributed by atoms with Crippen LogP contribution in [-0.2, 0) is 0 Å². The fraction of sp³-hybridized carbons (Fsp3) is 0.667. The van der Waals surface area contributed by atoms with E-state index in [4.69, 9.17) is 0 Å². The Kier molecular flexibility index (Phi) is 5.09. The van der Waals surface area contributed by atoms with Gasteiger partial charge in [0.15, 0.2) is 0 Å². The van der Waals surface area contributed by atoms with E-state index in [2.05, 4.69) is 49.9 Å². The molecule has 0 radical (unpaired) electrons. The smallest absolute Gasteiger partial charge is 0.0504 e. The van der Waals surface area contributed by atoms with Crippen molar-refractivity contribution in [3.63, 3.8) is 0 Å². The molecular weight excluding hydrogens is 246 g/mol. The Morgan fingerprint density at radius 3 is 2.80 bits per heavy atom. The zero-order chi connectivity index (χ0) is 14.6. The maximum Gasteiger partial charge on any atom is 0.0504 e. The molecule has 20 heavy (non-hydrogen) atoms. The van der Waals surface area contributed by atoms with Gasteiger partial charge in [-0.2, -0.15) is 0 Å². The van der Waals surface area contributed by atoms with Gasteiger partial charge in [-0.3, -0.25) is 0 Å². The standard InChI is InChI=1S/C18H29NO/c1-4-19(17-9-5-7-15(2)11-17)13-18(14-20)10-6-8-16(3)12-18/h5,7,9,11,16,20H,4,6,8,10,12-14H2,1-3H3. The van der Waals surface area contributed by atoms with Crippen LogP contribution in [0.2, 0.25) is 0 Å². The molecule has 1 saturated carbocycles. The zero-order valence-corrected chi connectivity index (χ0v) is 13.2. The van der Waals surface area contributed by atoms with E-state index >= 15 is 0 Å². The van der Waals surface area contributed by atoms with Crippen LogP contribution in [-0.4, -0.2) is 24.8 Å². The predicted octanol–water partition coefficient (Wildman–Crippen LogP) is 4.01. The number of hydrogen-bond acceptors (Lipinski definition) is 2. The average Bonchev–Trinajstić information content (AvgIpc) is 2.45. The number of aryl methyl sites for hydroxylation is 1. The topological polar surface area (TPSA) is 23.5 Å². The first kappa shape index (κ1) is 15.4. The molecule has 2 rings (SSSR count). The summed E-state index contributed by atoms with van der Waals surface area (Å²) in [6, 6.07) is 8.71. The molecule has 1 aliphatic carbocycles. The molecule has 2 heteroatoms. The SMILES string of the molecule is CCN(CC1(CO)CCCC(C)C1)c1cccc(C)c1. The van der Waals surface area contributed by atoms with Gasteiger partial charge in [0.25, 0.3) is 0 Å². The van der Waals surface area contributed by atoms with Crippen molar-refractivity contribution in [1.82, 2.24) is 0 Å². The highest BCUT2D eigenvalue weighted by molar-refractivity contribution is 5.48. The molecule has 0 spiro atoms. The molecule has 1 N–H and O–H groups in total. The molecule has 1 fully saturated rings. The van der Waals surface area contributed by atoms with E-state index in [1.807, 2.05) is 0 Å². The van der Waals surface area contributed by atoms with Gasteiger partial charge in [-0.05, 0) is 50.3 Å². The largest absolute Gasteiger partial charge is 0.396 e. The third-order valence-electron chi connectivity index (χ3n) is 4.80. The Hall–Kier alpha value is -1.02. The van der Waals surface area contributed by atoms with Crippen LogP contribution in [0.3, 0.4) is 0 Å². The van der Waals surface area contributed by atoms with Crippen molar-refractivity contribution in [2.75, 3.05) is 24.6 Å². The summed E-state index contributed by atoms with van der Waals surface area (Å²) in [7, 11) is 0. The molecule has 0 aromatic heterocycles. The Balaban J connectivity index is 2.15. The van der Waals surface area contributed by atoms with E-state index in [1.54, 1.807) is 0 Å². The lowest BCUT2D eigenvalue weighted by Gasteiger charge is -2.42.